The van der Waals surface area contributed by atoms with Crippen molar-refractivity contribution >= 4 is 30.0 Å². The smallest absolute Gasteiger partial charge is 0.329 e. The van der Waals surface area contributed by atoms with E-state index in [0.717, 1.165) is 29.7 Å². The summed E-state index contributed by atoms with van der Waals surface area (Å²) < 4.78 is 5.37. The fraction of sp³-hybridized carbons (Fsp3) is 0.357. The van der Waals surface area contributed by atoms with Gasteiger partial charge in [-0.25, -0.2) is 4.79 Å². The molecule has 0 N–H and O–H groups in total. The van der Waals surface area contributed by atoms with Crippen LogP contribution >= 0.6 is 0 Å². The van der Waals surface area contributed by atoms with Gasteiger partial charge in [0.15, 0.2) is 0 Å². The van der Waals surface area contributed by atoms with Crippen molar-refractivity contribution in [2.24, 2.45) is 0 Å². The number of nitrogens with zero attached hydrogens (tertiary/aromatic N) is 1. The van der Waals surface area contributed by atoms with Gasteiger partial charge in [-0.2, -0.15) is 0 Å². The zero-order valence-electron chi connectivity index (χ0n) is 11.4. The first-order chi connectivity index (χ1) is 8.58. The monoisotopic (exact) mass is 243 g/mol. The van der Waals surface area contributed by atoms with Gasteiger partial charge in [0.05, 0.1) is 0 Å². The Kier molecular flexibility index (Phi) is 3.46. The van der Waals surface area contributed by atoms with E-state index in [0.29, 0.717) is 11.0 Å². The van der Waals surface area contributed by atoms with Crippen molar-refractivity contribution in [3.05, 3.63) is 34.2 Å². The van der Waals surface area contributed by atoms with E-state index in [9.17, 15) is 4.79 Å². The molecule has 0 amide bonds. The van der Waals surface area contributed by atoms with E-state index in [4.69, 9.17) is 4.42 Å². The first-order valence-electron chi connectivity index (χ1n) is 6.37. The van der Waals surface area contributed by atoms with Crippen molar-refractivity contribution in [3.63, 3.8) is 0 Å². The maximum atomic E-state index is 11.7. The normalized spacial score (nSPS) is 10.8. The lowest BCUT2D eigenvalue weighted by atomic mass is 9.91. The molecule has 1 aromatic carbocycles. The standard InChI is InChI=1S/C14H18BNO2/c1-4-16(5-2)10-6-7-11-9(3)13(15)14(17)18-12(11)8-10/h6-8H,4-5,15H2,1-3H3. The van der Waals surface area contributed by atoms with E-state index < -0.39 is 0 Å². The number of benzene rings is 1. The van der Waals surface area contributed by atoms with Crippen LogP contribution in [0.5, 0.6) is 0 Å². The molecule has 0 saturated heterocycles. The van der Waals surface area contributed by atoms with Gasteiger partial charge in [0, 0.05) is 30.2 Å². The van der Waals surface area contributed by atoms with Crippen molar-refractivity contribution < 1.29 is 4.42 Å². The number of rotatable bonds is 3. The van der Waals surface area contributed by atoms with Gasteiger partial charge in [-0.3, -0.25) is 0 Å². The van der Waals surface area contributed by atoms with Crippen LogP contribution in [-0.2, 0) is 0 Å². The summed E-state index contributed by atoms with van der Waals surface area (Å²) in [7, 11) is 1.80. The first kappa shape index (κ1) is 12.7. The van der Waals surface area contributed by atoms with E-state index in [1.54, 1.807) is 7.85 Å². The molecule has 0 radical (unpaired) electrons. The number of hydrogen-bond donors (Lipinski definition) is 0. The van der Waals surface area contributed by atoms with E-state index in [1.807, 2.05) is 19.1 Å². The summed E-state index contributed by atoms with van der Waals surface area (Å²) in [6.07, 6.45) is 0. The molecule has 0 aliphatic heterocycles. The van der Waals surface area contributed by atoms with Crippen molar-refractivity contribution in [2.45, 2.75) is 20.8 Å². The summed E-state index contributed by atoms with van der Waals surface area (Å²) in [5.74, 6) is 0. The molecule has 0 unspecified atom stereocenters. The predicted octanol–water partition coefficient (Wildman–Crippen LogP) is 1.21. The van der Waals surface area contributed by atoms with Crippen LogP contribution in [0.3, 0.4) is 0 Å². The second-order valence-corrected chi connectivity index (χ2v) is 4.49. The minimum Gasteiger partial charge on any atom is -0.423 e. The van der Waals surface area contributed by atoms with E-state index in [1.165, 1.54) is 0 Å². The zero-order chi connectivity index (χ0) is 13.3. The summed E-state index contributed by atoms with van der Waals surface area (Å²) in [5, 5.41) is 1.02. The number of aryl methyl sites for hydroxylation is 1. The second-order valence-electron chi connectivity index (χ2n) is 4.49. The Morgan fingerprint density at radius 1 is 1.28 bits per heavy atom. The van der Waals surface area contributed by atoms with Gasteiger partial charge in [0.25, 0.3) is 0 Å². The van der Waals surface area contributed by atoms with Crippen LogP contribution in [0.2, 0.25) is 0 Å². The molecular formula is C14H18BNO2. The van der Waals surface area contributed by atoms with E-state index in [-0.39, 0.29) is 5.63 Å². The lowest BCUT2D eigenvalue weighted by Crippen LogP contribution is -2.27. The minimum absolute atomic E-state index is 0.239. The Morgan fingerprint density at radius 3 is 2.56 bits per heavy atom. The van der Waals surface area contributed by atoms with Crippen molar-refractivity contribution in [2.75, 3.05) is 18.0 Å². The van der Waals surface area contributed by atoms with Gasteiger partial charge in [-0.15, -0.1) is 0 Å². The summed E-state index contributed by atoms with van der Waals surface area (Å²) in [6.45, 7) is 8.08. The highest BCUT2D eigenvalue weighted by Crippen LogP contribution is 2.22. The van der Waals surface area contributed by atoms with Gasteiger partial charge in [0.1, 0.15) is 13.4 Å². The van der Waals surface area contributed by atoms with Gasteiger partial charge >= 0.3 is 5.63 Å². The lowest BCUT2D eigenvalue weighted by molar-refractivity contribution is 0.565. The molecule has 94 valence electrons. The quantitative estimate of drug-likeness (QED) is 0.600. The highest BCUT2D eigenvalue weighted by molar-refractivity contribution is 6.33. The molecule has 18 heavy (non-hydrogen) atoms. The Bertz CT molecular complexity index is 629. The first-order valence-corrected chi connectivity index (χ1v) is 6.37. The maximum absolute atomic E-state index is 11.7. The van der Waals surface area contributed by atoms with Crippen LogP contribution in [-0.4, -0.2) is 20.9 Å². The zero-order valence-corrected chi connectivity index (χ0v) is 11.4. The molecule has 3 nitrogen and oxygen atoms in total. The molecule has 0 aliphatic carbocycles. The molecule has 0 fully saturated rings. The highest BCUT2D eigenvalue weighted by Gasteiger charge is 2.09. The molecule has 2 aromatic rings. The minimum atomic E-state index is -0.239. The Hall–Kier alpha value is -1.71. The van der Waals surface area contributed by atoms with Crippen molar-refractivity contribution in [3.8, 4) is 0 Å². The number of fused-ring (bicyclic) bond motifs is 1. The molecule has 0 aliphatic rings. The molecule has 1 aromatic heterocycles. The van der Waals surface area contributed by atoms with Crippen molar-refractivity contribution in [1.82, 2.24) is 0 Å². The molecule has 0 spiro atoms. The van der Waals surface area contributed by atoms with Crippen molar-refractivity contribution in [1.29, 1.82) is 0 Å². The summed E-state index contributed by atoms with van der Waals surface area (Å²) in [4.78, 5) is 13.9. The highest BCUT2D eigenvalue weighted by atomic mass is 16.4. The summed E-state index contributed by atoms with van der Waals surface area (Å²) in [6, 6.07) is 6.08. The molecule has 4 heteroatoms. The van der Waals surface area contributed by atoms with Gasteiger partial charge < -0.3 is 9.32 Å². The Labute approximate surface area is 108 Å². The predicted molar refractivity (Wildman–Crippen MR) is 79.0 cm³/mol. The molecule has 2 rings (SSSR count). The van der Waals surface area contributed by atoms with Crippen LogP contribution in [0.15, 0.2) is 27.4 Å². The Morgan fingerprint density at radius 2 is 1.94 bits per heavy atom. The van der Waals surface area contributed by atoms with Crippen LogP contribution in [0, 0.1) is 6.92 Å². The summed E-state index contributed by atoms with van der Waals surface area (Å²) >= 11 is 0. The third-order valence-electron chi connectivity index (χ3n) is 3.57. The second kappa shape index (κ2) is 4.88. The van der Waals surface area contributed by atoms with Gasteiger partial charge in [-0.1, -0.05) is 0 Å². The van der Waals surface area contributed by atoms with Crippen LogP contribution in [0.1, 0.15) is 19.4 Å². The topological polar surface area (TPSA) is 33.5 Å². The van der Waals surface area contributed by atoms with Crippen LogP contribution in [0.4, 0.5) is 5.69 Å². The Balaban J connectivity index is 2.66. The average molecular weight is 243 g/mol. The SMILES string of the molecule is Bc1c(C)c2ccc(N(CC)CC)cc2oc1=O. The molecular weight excluding hydrogens is 225 g/mol. The average Bonchev–Trinajstić information content (AvgIpc) is 2.37. The molecule has 0 atom stereocenters. The van der Waals surface area contributed by atoms with E-state index in [2.05, 4.69) is 24.8 Å². The third kappa shape index (κ3) is 2.03. The van der Waals surface area contributed by atoms with Crippen LogP contribution < -0.4 is 16.0 Å². The van der Waals surface area contributed by atoms with Gasteiger partial charge in [0.2, 0.25) is 0 Å². The van der Waals surface area contributed by atoms with Crippen LogP contribution in [0.25, 0.3) is 11.0 Å². The number of anilines is 1. The largest absolute Gasteiger partial charge is 0.423 e. The molecule has 1 heterocycles. The molecule has 0 saturated carbocycles. The fourth-order valence-electron chi connectivity index (χ4n) is 2.22. The molecule has 0 bridgehead atoms. The third-order valence-corrected chi connectivity index (χ3v) is 3.57. The fourth-order valence-corrected chi connectivity index (χ4v) is 2.22. The van der Waals surface area contributed by atoms with E-state index >= 15 is 0 Å². The summed E-state index contributed by atoms with van der Waals surface area (Å²) in [5.41, 5.74) is 3.23. The lowest BCUT2D eigenvalue weighted by Gasteiger charge is -2.21. The number of hydrogen-bond acceptors (Lipinski definition) is 3. The maximum Gasteiger partial charge on any atom is 0.329 e. The van der Waals surface area contributed by atoms with Gasteiger partial charge in [-0.05, 0) is 43.9 Å².